The van der Waals surface area contributed by atoms with Gasteiger partial charge in [-0.25, -0.2) is 9.98 Å². The number of hydrogen-bond donors (Lipinski definition) is 2. The predicted molar refractivity (Wildman–Crippen MR) is 76.9 cm³/mol. The Morgan fingerprint density at radius 1 is 1.50 bits per heavy atom. The molecule has 1 heterocycles. The van der Waals surface area contributed by atoms with E-state index in [9.17, 15) is 0 Å². The molecule has 0 fully saturated rings. The van der Waals surface area contributed by atoms with Gasteiger partial charge in [0.05, 0.1) is 6.54 Å². The molecule has 0 amide bonds. The van der Waals surface area contributed by atoms with E-state index in [2.05, 4.69) is 34.1 Å². The van der Waals surface area contributed by atoms with Crippen LogP contribution in [0.5, 0.6) is 0 Å². The average molecular weight is 267 g/mol. The van der Waals surface area contributed by atoms with Crippen LogP contribution in [0.2, 0.25) is 5.15 Å². The molecule has 98 valence electrons. The Bertz CT molecular complexity index is 386. The van der Waals surface area contributed by atoms with Crippen LogP contribution in [0.1, 0.15) is 18.9 Å². The molecule has 1 aromatic rings. The maximum Gasteiger partial charge on any atom is 0.191 e. The number of halogens is 1. The number of hydrogen-bond acceptors (Lipinski definition) is 2. The molecule has 0 aliphatic heterocycles. The molecule has 1 aromatic heterocycles. The third-order valence-corrected chi connectivity index (χ3v) is 2.39. The summed E-state index contributed by atoms with van der Waals surface area (Å²) in [6, 6.07) is 3.69. The number of rotatable bonds is 6. The molecule has 5 heteroatoms. The number of nitrogens with zero attached hydrogens (tertiary/aromatic N) is 2. The number of guanidine groups is 1. The third-order valence-electron chi connectivity index (χ3n) is 2.16. The average Bonchev–Trinajstić information content (AvgIpc) is 2.40. The summed E-state index contributed by atoms with van der Waals surface area (Å²) < 4.78 is 0. The highest BCUT2D eigenvalue weighted by Crippen LogP contribution is 2.05. The fourth-order valence-corrected chi connectivity index (χ4v) is 1.37. The van der Waals surface area contributed by atoms with Gasteiger partial charge in [-0.3, -0.25) is 0 Å². The molecule has 0 saturated heterocycles. The first kappa shape index (κ1) is 14.5. The third kappa shape index (κ3) is 5.68. The molecule has 0 spiro atoms. The molecule has 0 aliphatic rings. The zero-order valence-corrected chi connectivity index (χ0v) is 11.4. The number of pyridine rings is 1. The van der Waals surface area contributed by atoms with Crippen LogP contribution in [0.3, 0.4) is 0 Å². The van der Waals surface area contributed by atoms with E-state index in [0.717, 1.165) is 24.5 Å². The minimum atomic E-state index is 0.497. The molecule has 0 radical (unpaired) electrons. The van der Waals surface area contributed by atoms with Crippen LogP contribution in [0.15, 0.2) is 36.0 Å². The zero-order valence-electron chi connectivity index (χ0n) is 10.6. The van der Waals surface area contributed by atoms with E-state index in [0.29, 0.717) is 18.2 Å². The van der Waals surface area contributed by atoms with Crippen molar-refractivity contribution >= 4 is 17.6 Å². The lowest BCUT2D eigenvalue weighted by atomic mass is 10.3. The second kappa shape index (κ2) is 8.53. The van der Waals surface area contributed by atoms with Crippen LogP contribution in [-0.2, 0) is 6.54 Å². The molecular formula is C13H19ClN4. The maximum absolute atomic E-state index is 5.73. The highest BCUT2D eigenvalue weighted by Gasteiger charge is 1.97. The second-order valence-corrected chi connectivity index (χ2v) is 4.14. The zero-order chi connectivity index (χ0) is 13.2. The van der Waals surface area contributed by atoms with Crippen molar-refractivity contribution in [2.75, 3.05) is 13.1 Å². The molecule has 4 nitrogen and oxygen atoms in total. The van der Waals surface area contributed by atoms with Crippen molar-refractivity contribution in [3.05, 3.63) is 41.7 Å². The van der Waals surface area contributed by atoms with Crippen LogP contribution in [0, 0.1) is 0 Å². The molecular weight excluding hydrogens is 248 g/mol. The Labute approximate surface area is 113 Å². The molecule has 2 N–H and O–H groups in total. The van der Waals surface area contributed by atoms with Crippen LogP contribution in [-0.4, -0.2) is 24.0 Å². The van der Waals surface area contributed by atoms with Crippen molar-refractivity contribution in [2.24, 2.45) is 4.99 Å². The summed E-state index contributed by atoms with van der Waals surface area (Å²) in [7, 11) is 0. The summed E-state index contributed by atoms with van der Waals surface area (Å²) in [6.07, 6.45) is 4.58. The predicted octanol–water partition coefficient (Wildman–Crippen LogP) is 2.37. The molecule has 0 atom stereocenters. The van der Waals surface area contributed by atoms with Gasteiger partial charge in [-0.2, -0.15) is 0 Å². The van der Waals surface area contributed by atoms with E-state index in [-0.39, 0.29) is 0 Å². The normalized spacial score (nSPS) is 11.1. The van der Waals surface area contributed by atoms with Gasteiger partial charge in [0.15, 0.2) is 5.96 Å². The molecule has 0 saturated carbocycles. The van der Waals surface area contributed by atoms with Crippen molar-refractivity contribution in [2.45, 2.75) is 19.9 Å². The summed E-state index contributed by atoms with van der Waals surface area (Å²) in [5.74, 6) is 0.784. The summed E-state index contributed by atoms with van der Waals surface area (Å²) >= 11 is 5.73. The van der Waals surface area contributed by atoms with Crippen LogP contribution < -0.4 is 10.6 Å². The van der Waals surface area contributed by atoms with Crippen LogP contribution in [0.25, 0.3) is 0 Å². The monoisotopic (exact) mass is 266 g/mol. The first-order valence-electron chi connectivity index (χ1n) is 5.99. The largest absolute Gasteiger partial charge is 0.356 e. The van der Waals surface area contributed by atoms with Crippen LogP contribution >= 0.6 is 11.6 Å². The Kier molecular flexibility index (Phi) is 6.87. The fourth-order valence-electron chi connectivity index (χ4n) is 1.26. The van der Waals surface area contributed by atoms with E-state index >= 15 is 0 Å². The van der Waals surface area contributed by atoms with Gasteiger partial charge in [0.25, 0.3) is 0 Å². The summed E-state index contributed by atoms with van der Waals surface area (Å²) in [6.45, 7) is 7.93. The van der Waals surface area contributed by atoms with E-state index < -0.39 is 0 Å². The van der Waals surface area contributed by atoms with Gasteiger partial charge < -0.3 is 10.6 Å². The summed E-state index contributed by atoms with van der Waals surface area (Å²) in [5, 5.41) is 6.89. The van der Waals surface area contributed by atoms with Gasteiger partial charge in [0, 0.05) is 19.3 Å². The quantitative estimate of drug-likeness (QED) is 0.360. The lowest BCUT2D eigenvalue weighted by Crippen LogP contribution is -2.37. The molecule has 0 unspecified atom stereocenters. The Hall–Kier alpha value is -1.55. The van der Waals surface area contributed by atoms with Crippen molar-refractivity contribution in [3.8, 4) is 0 Å². The van der Waals surface area contributed by atoms with E-state index in [1.54, 1.807) is 18.3 Å². The molecule has 0 aliphatic carbocycles. The van der Waals surface area contributed by atoms with E-state index in [4.69, 9.17) is 11.6 Å². The Morgan fingerprint density at radius 3 is 2.94 bits per heavy atom. The van der Waals surface area contributed by atoms with Gasteiger partial charge in [-0.1, -0.05) is 30.7 Å². The lowest BCUT2D eigenvalue weighted by Gasteiger charge is -2.10. The molecule has 0 aromatic carbocycles. The first-order chi connectivity index (χ1) is 8.76. The highest BCUT2D eigenvalue weighted by atomic mass is 35.5. The fraction of sp³-hybridized carbons (Fsp3) is 0.385. The van der Waals surface area contributed by atoms with Gasteiger partial charge in [0.1, 0.15) is 5.15 Å². The highest BCUT2D eigenvalue weighted by molar-refractivity contribution is 6.29. The minimum absolute atomic E-state index is 0.497. The van der Waals surface area contributed by atoms with Crippen molar-refractivity contribution in [3.63, 3.8) is 0 Å². The second-order valence-electron chi connectivity index (χ2n) is 3.75. The van der Waals surface area contributed by atoms with Crippen molar-refractivity contribution in [1.82, 2.24) is 15.6 Å². The van der Waals surface area contributed by atoms with Gasteiger partial charge >= 0.3 is 0 Å². The summed E-state index contributed by atoms with van der Waals surface area (Å²) in [5.41, 5.74) is 1.02. The SMILES string of the molecule is C=CCNC(=NCc1ccc(Cl)nc1)NCCC. The van der Waals surface area contributed by atoms with Crippen molar-refractivity contribution < 1.29 is 0 Å². The van der Waals surface area contributed by atoms with E-state index in [1.807, 2.05) is 6.07 Å². The number of aromatic nitrogens is 1. The van der Waals surface area contributed by atoms with Crippen LogP contribution in [0.4, 0.5) is 0 Å². The Balaban J connectivity index is 2.56. The number of nitrogens with one attached hydrogen (secondary N) is 2. The first-order valence-corrected chi connectivity index (χ1v) is 6.37. The standard InChI is InChI=1S/C13H19ClN4/c1-3-7-15-13(16-8-4-2)18-10-11-5-6-12(14)17-9-11/h3,5-6,9H,1,4,7-8,10H2,2H3,(H2,15,16,18). The van der Waals surface area contributed by atoms with E-state index in [1.165, 1.54) is 0 Å². The van der Waals surface area contributed by atoms with Gasteiger partial charge in [-0.15, -0.1) is 6.58 Å². The number of aliphatic imine (C=N–C) groups is 1. The molecule has 1 rings (SSSR count). The topological polar surface area (TPSA) is 49.3 Å². The molecule has 18 heavy (non-hydrogen) atoms. The smallest absolute Gasteiger partial charge is 0.191 e. The molecule has 0 bridgehead atoms. The van der Waals surface area contributed by atoms with Gasteiger partial charge in [0.2, 0.25) is 0 Å². The van der Waals surface area contributed by atoms with Gasteiger partial charge in [-0.05, 0) is 18.1 Å². The van der Waals surface area contributed by atoms with Crippen molar-refractivity contribution in [1.29, 1.82) is 0 Å². The Morgan fingerprint density at radius 2 is 2.33 bits per heavy atom. The lowest BCUT2D eigenvalue weighted by molar-refractivity contribution is 0.794. The maximum atomic E-state index is 5.73. The summed E-state index contributed by atoms with van der Waals surface area (Å²) in [4.78, 5) is 8.48. The minimum Gasteiger partial charge on any atom is -0.356 e.